The van der Waals surface area contributed by atoms with Crippen LogP contribution >= 0.6 is 15.9 Å². The monoisotopic (exact) mass is 522 g/mol. The Morgan fingerprint density at radius 2 is 1.65 bits per heavy atom. The minimum Gasteiger partial charge on any atom is -0.493 e. The molecule has 0 aromatic heterocycles. The van der Waals surface area contributed by atoms with E-state index < -0.39 is 0 Å². The van der Waals surface area contributed by atoms with E-state index in [0.717, 1.165) is 29.3 Å². The van der Waals surface area contributed by atoms with Crippen molar-refractivity contribution in [3.63, 3.8) is 0 Å². The van der Waals surface area contributed by atoms with Crippen LogP contribution in [0.25, 0.3) is 0 Å². The molecule has 0 atom stereocenters. The van der Waals surface area contributed by atoms with Crippen molar-refractivity contribution in [1.29, 1.82) is 0 Å². The van der Waals surface area contributed by atoms with E-state index in [1.54, 1.807) is 48.3 Å². The number of ether oxygens (including phenoxy) is 1. The fourth-order valence-corrected chi connectivity index (χ4v) is 3.98. The fraction of sp³-hybridized carbons (Fsp3) is 0.286. The van der Waals surface area contributed by atoms with Crippen LogP contribution in [0.1, 0.15) is 58.9 Å². The molecule has 0 saturated heterocycles. The first kappa shape index (κ1) is 25.5. The normalized spacial score (nSPS) is 10.6. The first-order chi connectivity index (χ1) is 16.5. The molecule has 0 aliphatic heterocycles. The quantitative estimate of drug-likeness (QED) is 0.277. The van der Waals surface area contributed by atoms with Gasteiger partial charge < -0.3 is 15.0 Å². The molecule has 3 rings (SSSR count). The summed E-state index contributed by atoms with van der Waals surface area (Å²) in [6.45, 7) is 3.20. The van der Waals surface area contributed by atoms with E-state index >= 15 is 0 Å². The van der Waals surface area contributed by atoms with Crippen LogP contribution in [0.5, 0.6) is 5.75 Å². The molecule has 0 aliphatic rings. The summed E-state index contributed by atoms with van der Waals surface area (Å²) in [7, 11) is 1.76. The van der Waals surface area contributed by atoms with Crippen molar-refractivity contribution in [3.05, 3.63) is 94.0 Å². The van der Waals surface area contributed by atoms with Gasteiger partial charge >= 0.3 is 0 Å². The Morgan fingerprint density at radius 3 is 2.41 bits per heavy atom. The number of amides is 2. The van der Waals surface area contributed by atoms with Crippen molar-refractivity contribution in [2.45, 2.75) is 39.2 Å². The molecular formula is C28H31BrN2O3. The van der Waals surface area contributed by atoms with Gasteiger partial charge in [-0.3, -0.25) is 9.59 Å². The second-order valence-electron chi connectivity index (χ2n) is 8.20. The van der Waals surface area contributed by atoms with Gasteiger partial charge in [0, 0.05) is 18.1 Å². The third-order valence-corrected chi connectivity index (χ3v) is 5.95. The summed E-state index contributed by atoms with van der Waals surface area (Å²) < 4.78 is 6.70. The topological polar surface area (TPSA) is 58.6 Å². The lowest BCUT2D eigenvalue weighted by molar-refractivity contribution is 0.0786. The smallest absolute Gasteiger partial charge is 0.259 e. The van der Waals surface area contributed by atoms with Crippen LogP contribution in [0.3, 0.4) is 0 Å². The minimum atomic E-state index is -0.323. The zero-order valence-corrected chi connectivity index (χ0v) is 21.3. The lowest BCUT2D eigenvalue weighted by atomic mass is 10.1. The second kappa shape index (κ2) is 12.9. The van der Waals surface area contributed by atoms with Gasteiger partial charge in [0.1, 0.15) is 5.75 Å². The van der Waals surface area contributed by atoms with E-state index in [-0.39, 0.29) is 11.8 Å². The number of unbranched alkanes of at least 4 members (excludes halogenated alkanes) is 3. The zero-order chi connectivity index (χ0) is 24.3. The third-order valence-electron chi connectivity index (χ3n) is 5.46. The number of anilines is 1. The molecule has 1 N–H and O–H groups in total. The van der Waals surface area contributed by atoms with Gasteiger partial charge in [-0.25, -0.2) is 0 Å². The van der Waals surface area contributed by atoms with Crippen LogP contribution in [0, 0.1) is 0 Å². The van der Waals surface area contributed by atoms with Crippen LogP contribution in [0.4, 0.5) is 5.69 Å². The molecule has 178 valence electrons. The van der Waals surface area contributed by atoms with E-state index in [1.165, 1.54) is 6.42 Å². The number of hydrogen-bond donors (Lipinski definition) is 1. The average Bonchev–Trinajstić information content (AvgIpc) is 2.85. The zero-order valence-electron chi connectivity index (χ0n) is 19.7. The van der Waals surface area contributed by atoms with Gasteiger partial charge in [-0.05, 0) is 42.3 Å². The molecule has 0 fully saturated rings. The Hall–Kier alpha value is -3.12. The van der Waals surface area contributed by atoms with Gasteiger partial charge in [0.2, 0.25) is 0 Å². The van der Waals surface area contributed by atoms with Crippen molar-refractivity contribution < 1.29 is 14.3 Å². The summed E-state index contributed by atoms with van der Waals surface area (Å²) in [5, 5.41) is 2.92. The first-order valence-corrected chi connectivity index (χ1v) is 12.4. The molecule has 0 unspecified atom stereocenters. The summed E-state index contributed by atoms with van der Waals surface area (Å²) in [5.41, 5.74) is 2.36. The maximum absolute atomic E-state index is 13.2. The molecule has 0 saturated carbocycles. The van der Waals surface area contributed by atoms with Gasteiger partial charge in [0.15, 0.2) is 0 Å². The van der Waals surface area contributed by atoms with Gasteiger partial charge in [-0.15, -0.1) is 0 Å². The lowest BCUT2D eigenvalue weighted by Gasteiger charge is -2.20. The number of rotatable bonds is 11. The standard InChI is InChI=1S/C28H31BrN2O3/c1-3-4-5-11-18-34-26-17-16-22(29)19-24(26)27(32)30-25-15-10-9-14-23(25)28(33)31(2)20-21-12-7-6-8-13-21/h6-10,12-17,19H,3-5,11,18,20H2,1-2H3,(H,30,32). The van der Waals surface area contributed by atoms with Gasteiger partial charge in [0.25, 0.3) is 11.8 Å². The molecule has 0 radical (unpaired) electrons. The van der Waals surface area contributed by atoms with E-state index in [4.69, 9.17) is 4.74 Å². The molecule has 0 aliphatic carbocycles. The highest BCUT2D eigenvalue weighted by Gasteiger charge is 2.19. The molecule has 3 aromatic rings. The SMILES string of the molecule is CCCCCCOc1ccc(Br)cc1C(=O)Nc1ccccc1C(=O)N(C)Cc1ccccc1. The molecule has 0 bridgehead atoms. The predicted octanol–water partition coefficient (Wildman–Crippen LogP) is 6.93. The number of halogens is 1. The van der Waals surface area contributed by atoms with Crippen molar-refractivity contribution >= 4 is 33.4 Å². The summed E-state index contributed by atoms with van der Waals surface area (Å²) >= 11 is 3.44. The number of para-hydroxylation sites is 1. The van der Waals surface area contributed by atoms with Gasteiger partial charge in [0.05, 0.1) is 23.4 Å². The summed E-state index contributed by atoms with van der Waals surface area (Å²) in [5.74, 6) is 0.0411. The van der Waals surface area contributed by atoms with E-state index in [2.05, 4.69) is 28.2 Å². The fourth-order valence-electron chi connectivity index (χ4n) is 3.62. The molecule has 6 heteroatoms. The van der Waals surface area contributed by atoms with Crippen LogP contribution in [-0.2, 0) is 6.54 Å². The highest BCUT2D eigenvalue weighted by atomic mass is 79.9. The first-order valence-electron chi connectivity index (χ1n) is 11.6. The third kappa shape index (κ3) is 7.19. The van der Waals surface area contributed by atoms with Crippen molar-refractivity contribution in [1.82, 2.24) is 4.90 Å². The minimum absolute atomic E-state index is 0.165. The number of nitrogens with one attached hydrogen (secondary N) is 1. The summed E-state index contributed by atoms with van der Waals surface area (Å²) in [6, 6.07) is 22.3. The van der Waals surface area contributed by atoms with Crippen molar-refractivity contribution in [2.24, 2.45) is 0 Å². The number of hydrogen-bond acceptors (Lipinski definition) is 3. The van der Waals surface area contributed by atoms with Crippen molar-refractivity contribution in [2.75, 3.05) is 19.0 Å². The Balaban J connectivity index is 1.74. The second-order valence-corrected chi connectivity index (χ2v) is 9.11. The molecule has 2 amide bonds. The Morgan fingerprint density at radius 1 is 0.912 bits per heavy atom. The molecule has 3 aromatic carbocycles. The number of nitrogens with zero attached hydrogens (tertiary/aromatic N) is 1. The highest BCUT2D eigenvalue weighted by molar-refractivity contribution is 9.10. The highest BCUT2D eigenvalue weighted by Crippen LogP contribution is 2.26. The van der Waals surface area contributed by atoms with E-state index in [9.17, 15) is 9.59 Å². The van der Waals surface area contributed by atoms with E-state index in [0.29, 0.717) is 35.7 Å². The van der Waals surface area contributed by atoms with Crippen LogP contribution in [0.2, 0.25) is 0 Å². The Labute approximate surface area is 210 Å². The molecule has 0 spiro atoms. The number of benzene rings is 3. The lowest BCUT2D eigenvalue weighted by Crippen LogP contribution is -2.27. The number of carbonyl (C=O) groups is 2. The molecule has 5 nitrogen and oxygen atoms in total. The predicted molar refractivity (Wildman–Crippen MR) is 140 cm³/mol. The molecule has 0 heterocycles. The van der Waals surface area contributed by atoms with Crippen molar-refractivity contribution in [3.8, 4) is 5.75 Å². The van der Waals surface area contributed by atoms with Gasteiger partial charge in [-0.1, -0.05) is 84.6 Å². The van der Waals surface area contributed by atoms with Gasteiger partial charge in [-0.2, -0.15) is 0 Å². The largest absolute Gasteiger partial charge is 0.493 e. The number of carbonyl (C=O) groups excluding carboxylic acids is 2. The Kier molecular flexibility index (Phi) is 9.71. The Bertz CT molecular complexity index is 1100. The molecular weight excluding hydrogens is 492 g/mol. The maximum atomic E-state index is 13.2. The summed E-state index contributed by atoms with van der Waals surface area (Å²) in [6.07, 6.45) is 4.36. The average molecular weight is 523 g/mol. The molecule has 34 heavy (non-hydrogen) atoms. The van der Waals surface area contributed by atoms with Crippen LogP contribution in [0.15, 0.2) is 77.3 Å². The maximum Gasteiger partial charge on any atom is 0.259 e. The van der Waals surface area contributed by atoms with E-state index in [1.807, 2.05) is 36.4 Å². The van der Waals surface area contributed by atoms with Crippen LogP contribution < -0.4 is 10.1 Å². The summed E-state index contributed by atoms with van der Waals surface area (Å²) in [4.78, 5) is 28.0. The van der Waals surface area contributed by atoms with Crippen LogP contribution in [-0.4, -0.2) is 30.4 Å².